The van der Waals surface area contributed by atoms with Crippen LogP contribution >= 0.6 is 0 Å². The van der Waals surface area contributed by atoms with E-state index in [1.165, 1.54) is 95.5 Å². The number of hydrogen-bond donors (Lipinski definition) is 1. The van der Waals surface area contributed by atoms with Crippen LogP contribution in [0.25, 0.3) is 11.1 Å². The van der Waals surface area contributed by atoms with E-state index in [0.29, 0.717) is 24.7 Å². The lowest BCUT2D eigenvalue weighted by atomic mass is 10.0. The van der Waals surface area contributed by atoms with Crippen molar-refractivity contribution in [3.05, 3.63) is 42.0 Å². The maximum absolute atomic E-state index is 7.74. The molecule has 37 heavy (non-hydrogen) atoms. The average molecular weight is 509 g/mol. The Hall–Kier alpha value is -2.36. The second-order valence-electron chi connectivity index (χ2n) is 10.4. The first-order valence-corrected chi connectivity index (χ1v) is 15.1. The fourth-order valence-electron chi connectivity index (χ4n) is 4.67. The molecule has 0 atom stereocenters. The maximum atomic E-state index is 7.74. The van der Waals surface area contributed by atoms with E-state index in [0.717, 1.165) is 29.7 Å². The van der Waals surface area contributed by atoms with Crippen LogP contribution in [0.5, 0.6) is 11.5 Å². The van der Waals surface area contributed by atoms with Gasteiger partial charge in [-0.2, -0.15) is 5.11 Å². The Morgan fingerprint density at radius 3 is 1.54 bits per heavy atom. The molecule has 0 amide bonds. The first-order chi connectivity index (χ1) is 18.2. The summed E-state index contributed by atoms with van der Waals surface area (Å²) in [6.07, 6.45) is 20.3. The summed E-state index contributed by atoms with van der Waals surface area (Å²) in [6.45, 7) is 7.96. The van der Waals surface area contributed by atoms with Gasteiger partial charge in [-0.3, -0.25) is 0 Å². The lowest BCUT2D eigenvalue weighted by Crippen LogP contribution is -2.01. The monoisotopic (exact) mass is 508 g/mol. The number of aryl methyl sites for hydroxylation is 1. The van der Waals surface area contributed by atoms with Crippen molar-refractivity contribution >= 4 is 5.69 Å². The van der Waals surface area contributed by atoms with E-state index in [9.17, 15) is 0 Å². The van der Waals surface area contributed by atoms with Crippen LogP contribution in [0.2, 0.25) is 0 Å². The molecule has 4 nitrogen and oxygen atoms in total. The van der Waals surface area contributed by atoms with Crippen molar-refractivity contribution in [3.8, 4) is 22.6 Å². The molecular formula is C33H52N2O2. The molecule has 0 aromatic heterocycles. The number of hydrogen-bond acceptors (Lipinski definition) is 4. The van der Waals surface area contributed by atoms with Crippen LogP contribution in [0, 0.1) is 12.5 Å². The Morgan fingerprint density at radius 1 is 0.595 bits per heavy atom. The van der Waals surface area contributed by atoms with Crippen molar-refractivity contribution in [1.29, 1.82) is 5.53 Å². The fourth-order valence-corrected chi connectivity index (χ4v) is 4.67. The third-order valence-electron chi connectivity index (χ3n) is 7.06. The molecule has 1 N–H and O–H groups in total. The summed E-state index contributed by atoms with van der Waals surface area (Å²) in [5.41, 5.74) is 11.6. The lowest BCUT2D eigenvalue weighted by molar-refractivity contribution is 0.298. The first kappa shape index (κ1) is 30.9. The highest BCUT2D eigenvalue weighted by Gasteiger charge is 2.14. The highest BCUT2D eigenvalue weighted by Crippen LogP contribution is 2.40. The Kier molecular flexibility index (Phi) is 16.4. The predicted octanol–water partition coefficient (Wildman–Crippen LogP) is 11.4. The molecule has 0 aliphatic rings. The molecule has 0 unspecified atom stereocenters. The summed E-state index contributed by atoms with van der Waals surface area (Å²) in [4.78, 5) is 0. The molecule has 0 saturated heterocycles. The molecular weight excluding hydrogens is 456 g/mol. The van der Waals surface area contributed by atoms with Gasteiger partial charge in [0.15, 0.2) is 0 Å². The molecule has 2 rings (SSSR count). The minimum atomic E-state index is 0.543. The van der Waals surface area contributed by atoms with Crippen molar-refractivity contribution in [2.45, 2.75) is 124 Å². The molecule has 0 fully saturated rings. The quantitative estimate of drug-likeness (QED) is 0.127. The van der Waals surface area contributed by atoms with Gasteiger partial charge in [0.2, 0.25) is 0 Å². The Morgan fingerprint density at radius 2 is 1.05 bits per heavy atom. The van der Waals surface area contributed by atoms with Gasteiger partial charge in [-0.25, -0.2) is 5.53 Å². The van der Waals surface area contributed by atoms with Crippen LogP contribution in [0.4, 0.5) is 5.69 Å². The molecule has 206 valence electrons. The highest BCUT2D eigenvalue weighted by atomic mass is 16.5. The molecule has 2 aromatic carbocycles. The minimum Gasteiger partial charge on any atom is -0.493 e. The van der Waals surface area contributed by atoms with E-state index >= 15 is 0 Å². The first-order valence-electron chi connectivity index (χ1n) is 15.1. The SMILES string of the molecule is CCCCCCCCCCOc1cc(-c2ccc(C)cc2)c(OCCCCCCCCCC)cc1N=N. The summed E-state index contributed by atoms with van der Waals surface area (Å²) < 4.78 is 12.4. The van der Waals surface area contributed by atoms with E-state index < -0.39 is 0 Å². The van der Waals surface area contributed by atoms with Gasteiger partial charge in [-0.15, -0.1) is 0 Å². The number of nitrogens with zero attached hydrogens (tertiary/aromatic N) is 1. The lowest BCUT2D eigenvalue weighted by Gasteiger charge is -2.16. The van der Waals surface area contributed by atoms with E-state index in [-0.39, 0.29) is 0 Å². The van der Waals surface area contributed by atoms with Crippen LogP contribution in [0.15, 0.2) is 41.5 Å². The molecule has 0 radical (unpaired) electrons. The zero-order valence-corrected chi connectivity index (χ0v) is 24.0. The van der Waals surface area contributed by atoms with Crippen LogP contribution in [-0.4, -0.2) is 13.2 Å². The van der Waals surface area contributed by atoms with Crippen LogP contribution < -0.4 is 9.47 Å². The molecule has 2 aromatic rings. The smallest absolute Gasteiger partial charge is 0.147 e. The third kappa shape index (κ3) is 12.6. The third-order valence-corrected chi connectivity index (χ3v) is 7.06. The number of rotatable bonds is 22. The minimum absolute atomic E-state index is 0.543. The highest BCUT2D eigenvalue weighted by molar-refractivity contribution is 5.76. The van der Waals surface area contributed by atoms with Crippen LogP contribution in [0.1, 0.15) is 122 Å². The molecule has 0 aliphatic heterocycles. The largest absolute Gasteiger partial charge is 0.493 e. The number of benzene rings is 2. The van der Waals surface area contributed by atoms with Crippen molar-refractivity contribution in [2.75, 3.05) is 13.2 Å². The molecule has 0 saturated carbocycles. The molecule has 0 bridgehead atoms. The zero-order chi connectivity index (χ0) is 26.6. The Labute approximate surface area is 227 Å². The summed E-state index contributed by atoms with van der Waals surface area (Å²) in [6, 6.07) is 12.4. The topological polar surface area (TPSA) is 54.7 Å². The summed E-state index contributed by atoms with van der Waals surface area (Å²) in [5, 5.41) is 3.78. The average Bonchev–Trinajstić information content (AvgIpc) is 2.92. The molecule has 0 aliphatic carbocycles. The Balaban J connectivity index is 1.94. The predicted molar refractivity (Wildman–Crippen MR) is 158 cm³/mol. The van der Waals surface area contributed by atoms with E-state index in [2.05, 4.69) is 50.2 Å². The summed E-state index contributed by atoms with van der Waals surface area (Å²) in [5.74, 6) is 1.46. The van der Waals surface area contributed by atoms with E-state index in [4.69, 9.17) is 15.0 Å². The van der Waals surface area contributed by atoms with Gasteiger partial charge in [0, 0.05) is 11.6 Å². The number of unbranched alkanes of at least 4 members (excludes halogenated alkanes) is 14. The van der Waals surface area contributed by atoms with Crippen LogP contribution in [-0.2, 0) is 0 Å². The van der Waals surface area contributed by atoms with Gasteiger partial charge in [0.25, 0.3) is 0 Å². The second kappa shape index (κ2) is 19.7. The summed E-state index contributed by atoms with van der Waals surface area (Å²) in [7, 11) is 0. The molecule has 0 heterocycles. The molecule has 0 spiro atoms. The van der Waals surface area contributed by atoms with E-state index in [1.807, 2.05) is 12.1 Å². The van der Waals surface area contributed by atoms with Crippen molar-refractivity contribution in [2.24, 2.45) is 5.11 Å². The van der Waals surface area contributed by atoms with E-state index in [1.54, 1.807) is 0 Å². The van der Waals surface area contributed by atoms with Gasteiger partial charge >= 0.3 is 0 Å². The zero-order valence-electron chi connectivity index (χ0n) is 24.0. The van der Waals surface area contributed by atoms with Gasteiger partial charge in [0.1, 0.15) is 17.2 Å². The fraction of sp³-hybridized carbons (Fsp3) is 0.636. The van der Waals surface area contributed by atoms with Crippen LogP contribution in [0.3, 0.4) is 0 Å². The Bertz CT molecular complexity index is 863. The van der Waals surface area contributed by atoms with Gasteiger partial charge in [-0.05, 0) is 31.4 Å². The van der Waals surface area contributed by atoms with Crippen molar-refractivity contribution < 1.29 is 9.47 Å². The standard InChI is InChI=1S/C33H52N2O2/c1-4-6-8-10-12-14-16-18-24-36-32-27-31(35-34)33(26-30(32)29-22-20-28(3)21-23-29)37-25-19-17-15-13-11-9-7-5-2/h20-23,26-27,34H,4-19,24-25H2,1-3H3. The van der Waals surface area contributed by atoms with Gasteiger partial charge < -0.3 is 9.47 Å². The molecule has 4 heteroatoms. The second-order valence-corrected chi connectivity index (χ2v) is 10.4. The normalized spacial score (nSPS) is 11.0. The van der Waals surface area contributed by atoms with Crippen molar-refractivity contribution in [3.63, 3.8) is 0 Å². The van der Waals surface area contributed by atoms with Gasteiger partial charge in [-0.1, -0.05) is 134 Å². The summed E-state index contributed by atoms with van der Waals surface area (Å²) >= 11 is 0. The number of ether oxygens (including phenoxy) is 2. The van der Waals surface area contributed by atoms with Crippen molar-refractivity contribution in [1.82, 2.24) is 0 Å². The van der Waals surface area contributed by atoms with Gasteiger partial charge in [0.05, 0.1) is 13.2 Å². The maximum Gasteiger partial charge on any atom is 0.147 e. The number of nitrogens with one attached hydrogen (secondary N) is 1.